The van der Waals surface area contributed by atoms with E-state index < -0.39 is 0 Å². The van der Waals surface area contributed by atoms with Gasteiger partial charge in [-0.1, -0.05) is 44.2 Å². The third-order valence-electron chi connectivity index (χ3n) is 4.31. The topological polar surface area (TPSA) is 44.4 Å². The first-order valence-electron chi connectivity index (χ1n) is 8.01. The van der Waals surface area contributed by atoms with E-state index in [1.54, 1.807) is 0 Å². The highest BCUT2D eigenvalue weighted by Gasteiger charge is 2.26. The van der Waals surface area contributed by atoms with Gasteiger partial charge in [-0.2, -0.15) is 0 Å². The summed E-state index contributed by atoms with van der Waals surface area (Å²) in [6, 6.07) is 10.9. The molecule has 0 bridgehead atoms. The number of hydrogen-bond donors (Lipinski definition) is 2. The molecule has 0 saturated carbocycles. The van der Waals surface area contributed by atoms with Crippen LogP contribution in [-0.2, 0) is 11.2 Å². The van der Waals surface area contributed by atoms with Gasteiger partial charge in [0.25, 0.3) is 0 Å². The molecular formula is C17H27N3O. The molecule has 116 valence electrons. The fourth-order valence-electron chi connectivity index (χ4n) is 2.79. The van der Waals surface area contributed by atoms with E-state index >= 15 is 0 Å². The van der Waals surface area contributed by atoms with Gasteiger partial charge in [0.2, 0.25) is 5.91 Å². The number of amides is 1. The average Bonchev–Trinajstić information content (AvgIpc) is 2.45. The number of carbonyl (C=O) groups is 1. The summed E-state index contributed by atoms with van der Waals surface area (Å²) in [5, 5.41) is 6.28. The van der Waals surface area contributed by atoms with Crippen molar-refractivity contribution < 1.29 is 4.79 Å². The van der Waals surface area contributed by atoms with E-state index in [1.807, 2.05) is 6.07 Å². The molecule has 0 aliphatic carbocycles. The predicted molar refractivity (Wildman–Crippen MR) is 86.2 cm³/mol. The van der Waals surface area contributed by atoms with Crippen molar-refractivity contribution >= 4 is 5.91 Å². The van der Waals surface area contributed by atoms with Crippen molar-refractivity contribution in [2.75, 3.05) is 32.7 Å². The predicted octanol–water partition coefficient (Wildman–Crippen LogP) is 1.28. The Morgan fingerprint density at radius 3 is 2.48 bits per heavy atom. The first-order valence-corrected chi connectivity index (χ1v) is 8.01. The molecule has 1 atom stereocenters. The minimum Gasteiger partial charge on any atom is -0.354 e. The third kappa shape index (κ3) is 4.55. The first kappa shape index (κ1) is 16.0. The molecule has 1 heterocycles. The zero-order valence-corrected chi connectivity index (χ0v) is 13.1. The second-order valence-corrected chi connectivity index (χ2v) is 5.67. The zero-order valence-electron chi connectivity index (χ0n) is 13.1. The molecule has 1 aliphatic rings. The molecule has 4 heteroatoms. The fraction of sp³-hybridized carbons (Fsp3) is 0.588. The number of nitrogens with zero attached hydrogens (tertiary/aromatic N) is 1. The number of benzene rings is 1. The maximum absolute atomic E-state index is 12.0. The van der Waals surface area contributed by atoms with Gasteiger partial charge in [0.1, 0.15) is 0 Å². The van der Waals surface area contributed by atoms with Crippen LogP contribution in [0.15, 0.2) is 30.3 Å². The average molecular weight is 289 g/mol. The van der Waals surface area contributed by atoms with Crippen LogP contribution in [-0.4, -0.2) is 49.6 Å². The molecular weight excluding hydrogens is 262 g/mol. The summed E-state index contributed by atoms with van der Waals surface area (Å²) >= 11 is 0. The van der Waals surface area contributed by atoms with E-state index in [0.29, 0.717) is 6.04 Å². The maximum Gasteiger partial charge on any atom is 0.225 e. The van der Waals surface area contributed by atoms with Crippen molar-refractivity contribution in [1.82, 2.24) is 15.5 Å². The molecule has 0 radical (unpaired) electrons. The van der Waals surface area contributed by atoms with Crippen molar-refractivity contribution in [3.63, 3.8) is 0 Å². The van der Waals surface area contributed by atoms with Gasteiger partial charge in [-0.15, -0.1) is 0 Å². The lowest BCUT2D eigenvalue weighted by Gasteiger charge is -2.32. The molecule has 1 amide bonds. The van der Waals surface area contributed by atoms with E-state index in [1.165, 1.54) is 5.56 Å². The number of rotatable bonds is 8. The van der Waals surface area contributed by atoms with Gasteiger partial charge in [0, 0.05) is 25.7 Å². The maximum atomic E-state index is 12.0. The second kappa shape index (κ2) is 8.15. The Balaban J connectivity index is 1.92. The molecule has 2 N–H and O–H groups in total. The van der Waals surface area contributed by atoms with Crippen LogP contribution in [0.25, 0.3) is 0 Å². The van der Waals surface area contributed by atoms with Crippen LogP contribution in [0.5, 0.6) is 0 Å². The molecule has 1 aromatic rings. The monoisotopic (exact) mass is 289 g/mol. The Bertz CT molecular complexity index is 427. The summed E-state index contributed by atoms with van der Waals surface area (Å²) in [4.78, 5) is 14.4. The first-order chi connectivity index (χ1) is 10.2. The molecule has 1 unspecified atom stereocenters. The Morgan fingerprint density at radius 1 is 1.29 bits per heavy atom. The van der Waals surface area contributed by atoms with Crippen LogP contribution in [0.1, 0.15) is 19.4 Å². The van der Waals surface area contributed by atoms with Crippen molar-refractivity contribution in [3.8, 4) is 0 Å². The molecule has 1 aliphatic heterocycles. The van der Waals surface area contributed by atoms with Crippen molar-refractivity contribution in [3.05, 3.63) is 35.9 Å². The lowest BCUT2D eigenvalue weighted by molar-refractivity contribution is -0.126. The minimum absolute atomic E-state index is 0.166. The van der Waals surface area contributed by atoms with E-state index in [0.717, 1.165) is 39.1 Å². The molecule has 1 saturated heterocycles. The van der Waals surface area contributed by atoms with Gasteiger partial charge in [-0.3, -0.25) is 9.69 Å². The van der Waals surface area contributed by atoms with Crippen LogP contribution >= 0.6 is 0 Å². The van der Waals surface area contributed by atoms with Crippen LogP contribution < -0.4 is 10.6 Å². The summed E-state index contributed by atoms with van der Waals surface area (Å²) in [6.45, 7) is 8.74. The van der Waals surface area contributed by atoms with Crippen LogP contribution in [0, 0.1) is 5.92 Å². The van der Waals surface area contributed by atoms with Crippen molar-refractivity contribution in [1.29, 1.82) is 0 Å². The Labute approximate surface area is 127 Å². The summed E-state index contributed by atoms with van der Waals surface area (Å²) in [5.41, 5.74) is 1.33. The van der Waals surface area contributed by atoms with Gasteiger partial charge >= 0.3 is 0 Å². The summed E-state index contributed by atoms with van der Waals surface area (Å²) < 4.78 is 0. The standard InChI is InChI=1S/C17H27N3O/c1-3-20(4-2)16(10-14-8-6-5-7-9-14)13-19-17(21)15-11-18-12-15/h5-9,15-16,18H,3-4,10-13H2,1-2H3,(H,19,21). The number of likely N-dealkylation sites (N-methyl/N-ethyl adjacent to an activating group) is 1. The molecule has 1 fully saturated rings. The van der Waals surface area contributed by atoms with E-state index in [4.69, 9.17) is 0 Å². The normalized spacial score (nSPS) is 16.5. The van der Waals surface area contributed by atoms with Crippen molar-refractivity contribution in [2.24, 2.45) is 5.92 Å². The molecule has 0 aromatic heterocycles. The van der Waals surface area contributed by atoms with Crippen LogP contribution in [0.3, 0.4) is 0 Å². The lowest BCUT2D eigenvalue weighted by Crippen LogP contribution is -2.53. The Kier molecular flexibility index (Phi) is 6.21. The molecule has 21 heavy (non-hydrogen) atoms. The fourth-order valence-corrected chi connectivity index (χ4v) is 2.79. The number of nitrogens with one attached hydrogen (secondary N) is 2. The van der Waals surface area contributed by atoms with Crippen LogP contribution in [0.4, 0.5) is 0 Å². The molecule has 1 aromatic carbocycles. The highest BCUT2D eigenvalue weighted by Crippen LogP contribution is 2.09. The van der Waals surface area contributed by atoms with Gasteiger partial charge < -0.3 is 10.6 Å². The van der Waals surface area contributed by atoms with Crippen molar-refractivity contribution in [2.45, 2.75) is 26.3 Å². The molecule has 2 rings (SSSR count). The number of carbonyl (C=O) groups excluding carboxylic acids is 1. The SMILES string of the molecule is CCN(CC)C(CNC(=O)C1CNC1)Cc1ccccc1. The Morgan fingerprint density at radius 2 is 1.95 bits per heavy atom. The van der Waals surface area contributed by atoms with E-state index in [2.05, 4.69) is 53.6 Å². The minimum atomic E-state index is 0.166. The zero-order chi connectivity index (χ0) is 15.1. The van der Waals surface area contributed by atoms with E-state index in [9.17, 15) is 4.79 Å². The second-order valence-electron chi connectivity index (χ2n) is 5.67. The Hall–Kier alpha value is -1.39. The summed E-state index contributed by atoms with van der Waals surface area (Å²) in [5.74, 6) is 0.359. The van der Waals surface area contributed by atoms with Gasteiger partial charge in [0.05, 0.1) is 5.92 Å². The smallest absolute Gasteiger partial charge is 0.225 e. The summed E-state index contributed by atoms with van der Waals surface area (Å²) in [7, 11) is 0. The van der Waals surface area contributed by atoms with Gasteiger partial charge in [0.15, 0.2) is 0 Å². The molecule has 0 spiro atoms. The third-order valence-corrected chi connectivity index (χ3v) is 4.31. The highest BCUT2D eigenvalue weighted by molar-refractivity contribution is 5.80. The van der Waals surface area contributed by atoms with Gasteiger partial charge in [-0.05, 0) is 25.1 Å². The highest BCUT2D eigenvalue weighted by atomic mass is 16.2. The summed E-state index contributed by atoms with van der Waals surface area (Å²) in [6.07, 6.45) is 0.978. The largest absolute Gasteiger partial charge is 0.354 e. The van der Waals surface area contributed by atoms with Crippen LogP contribution in [0.2, 0.25) is 0 Å². The van der Waals surface area contributed by atoms with E-state index in [-0.39, 0.29) is 11.8 Å². The quantitative estimate of drug-likeness (QED) is 0.757. The number of hydrogen-bond acceptors (Lipinski definition) is 3. The van der Waals surface area contributed by atoms with Gasteiger partial charge in [-0.25, -0.2) is 0 Å². The lowest BCUT2D eigenvalue weighted by atomic mass is 10.0. The molecule has 4 nitrogen and oxygen atoms in total.